The van der Waals surface area contributed by atoms with Crippen molar-refractivity contribution in [2.75, 3.05) is 0 Å². The maximum Gasteiger partial charge on any atom is 0.287 e. The van der Waals surface area contributed by atoms with Crippen LogP contribution in [0.3, 0.4) is 0 Å². The summed E-state index contributed by atoms with van der Waals surface area (Å²) in [5, 5.41) is 14.1. The number of amides is 2. The van der Waals surface area contributed by atoms with E-state index in [0.29, 0.717) is 5.56 Å². The molecule has 0 aliphatic carbocycles. The molecule has 0 saturated carbocycles. The summed E-state index contributed by atoms with van der Waals surface area (Å²) in [6.45, 7) is 1.87. The summed E-state index contributed by atoms with van der Waals surface area (Å²) in [4.78, 5) is 23.7. The van der Waals surface area contributed by atoms with Gasteiger partial charge in [-0.1, -0.05) is 12.1 Å². The smallest absolute Gasteiger partial charge is 0.287 e. The number of benzene rings is 1. The van der Waals surface area contributed by atoms with Crippen LogP contribution in [0.5, 0.6) is 0 Å². The molecule has 0 aliphatic rings. The van der Waals surface area contributed by atoms with Crippen LogP contribution in [0.2, 0.25) is 0 Å². The molecule has 2 rings (SSSR count). The van der Waals surface area contributed by atoms with Gasteiger partial charge in [0.25, 0.3) is 5.91 Å². The number of nitriles is 1. The van der Waals surface area contributed by atoms with Crippen LogP contribution in [-0.2, 0) is 11.3 Å². The third-order valence-corrected chi connectivity index (χ3v) is 3.01. The SMILES string of the molecule is CC(NC(=O)c1ccco1)C(=O)NCc1cccc(C#N)c1. The van der Waals surface area contributed by atoms with Gasteiger partial charge in [0, 0.05) is 6.54 Å². The van der Waals surface area contributed by atoms with E-state index in [-0.39, 0.29) is 18.2 Å². The summed E-state index contributed by atoms with van der Waals surface area (Å²) in [5.74, 6) is -0.609. The van der Waals surface area contributed by atoms with Crippen LogP contribution in [0, 0.1) is 11.3 Å². The minimum Gasteiger partial charge on any atom is -0.459 e. The third-order valence-electron chi connectivity index (χ3n) is 3.01. The highest BCUT2D eigenvalue weighted by atomic mass is 16.3. The first-order valence-electron chi connectivity index (χ1n) is 6.71. The second kappa shape index (κ2) is 7.09. The molecule has 0 bridgehead atoms. The van der Waals surface area contributed by atoms with E-state index in [1.807, 2.05) is 12.1 Å². The van der Waals surface area contributed by atoms with Gasteiger partial charge >= 0.3 is 0 Å². The van der Waals surface area contributed by atoms with Gasteiger partial charge in [-0.15, -0.1) is 0 Å². The Bertz CT molecular complexity index is 702. The van der Waals surface area contributed by atoms with Gasteiger partial charge in [0.1, 0.15) is 6.04 Å². The zero-order valence-corrected chi connectivity index (χ0v) is 12.0. The van der Waals surface area contributed by atoms with Crippen LogP contribution in [0.15, 0.2) is 47.1 Å². The summed E-state index contributed by atoms with van der Waals surface area (Å²) < 4.78 is 4.96. The van der Waals surface area contributed by atoms with E-state index in [9.17, 15) is 9.59 Å². The van der Waals surface area contributed by atoms with Gasteiger partial charge in [0.05, 0.1) is 17.9 Å². The zero-order chi connectivity index (χ0) is 15.9. The lowest BCUT2D eigenvalue weighted by Crippen LogP contribution is -2.44. The highest BCUT2D eigenvalue weighted by molar-refractivity contribution is 5.95. The number of nitrogens with zero attached hydrogens (tertiary/aromatic N) is 1. The number of hydrogen-bond acceptors (Lipinski definition) is 4. The van der Waals surface area contributed by atoms with Crippen LogP contribution < -0.4 is 10.6 Å². The molecule has 2 N–H and O–H groups in total. The molecule has 1 heterocycles. The Balaban J connectivity index is 1.86. The normalized spacial score (nSPS) is 11.3. The molecule has 22 heavy (non-hydrogen) atoms. The number of rotatable bonds is 5. The summed E-state index contributed by atoms with van der Waals surface area (Å²) in [6.07, 6.45) is 1.39. The van der Waals surface area contributed by atoms with Crippen molar-refractivity contribution in [3.63, 3.8) is 0 Å². The van der Waals surface area contributed by atoms with Gasteiger partial charge in [-0.05, 0) is 36.8 Å². The Hall–Kier alpha value is -3.07. The predicted molar refractivity (Wildman–Crippen MR) is 78.6 cm³/mol. The molecule has 1 unspecified atom stereocenters. The molecule has 0 aliphatic heterocycles. The largest absolute Gasteiger partial charge is 0.459 e. The maximum absolute atomic E-state index is 12.0. The first-order chi connectivity index (χ1) is 10.6. The fourth-order valence-electron chi connectivity index (χ4n) is 1.83. The first kappa shape index (κ1) is 15.3. The number of nitrogens with one attached hydrogen (secondary N) is 2. The number of furan rings is 1. The average molecular weight is 297 g/mol. The second-order valence-electron chi connectivity index (χ2n) is 4.70. The van der Waals surface area contributed by atoms with E-state index in [0.717, 1.165) is 5.56 Å². The van der Waals surface area contributed by atoms with Crippen LogP contribution >= 0.6 is 0 Å². The summed E-state index contributed by atoms with van der Waals surface area (Å²) >= 11 is 0. The minimum atomic E-state index is -0.697. The molecule has 112 valence electrons. The van der Waals surface area contributed by atoms with Crippen molar-refractivity contribution in [3.8, 4) is 6.07 Å². The molecule has 0 radical (unpaired) electrons. The highest BCUT2D eigenvalue weighted by Crippen LogP contribution is 2.04. The summed E-state index contributed by atoms with van der Waals surface area (Å²) in [5.41, 5.74) is 1.35. The monoisotopic (exact) mass is 297 g/mol. The Labute approximate surface area is 127 Å². The van der Waals surface area contributed by atoms with Crippen molar-refractivity contribution >= 4 is 11.8 Å². The lowest BCUT2D eigenvalue weighted by molar-refractivity contribution is -0.122. The Morgan fingerprint density at radius 3 is 2.82 bits per heavy atom. The third kappa shape index (κ3) is 3.96. The molecule has 0 fully saturated rings. The van der Waals surface area contributed by atoms with E-state index in [4.69, 9.17) is 9.68 Å². The van der Waals surface area contributed by atoms with Gasteiger partial charge in [-0.3, -0.25) is 9.59 Å². The molecule has 1 aromatic heterocycles. The van der Waals surface area contributed by atoms with Gasteiger partial charge in [-0.2, -0.15) is 5.26 Å². The number of hydrogen-bond donors (Lipinski definition) is 2. The van der Waals surface area contributed by atoms with E-state index in [2.05, 4.69) is 10.6 Å². The Morgan fingerprint density at radius 2 is 2.14 bits per heavy atom. The second-order valence-corrected chi connectivity index (χ2v) is 4.70. The fourth-order valence-corrected chi connectivity index (χ4v) is 1.83. The van der Waals surface area contributed by atoms with Crippen LogP contribution in [0.4, 0.5) is 0 Å². The van der Waals surface area contributed by atoms with Gasteiger partial charge in [-0.25, -0.2) is 0 Å². The van der Waals surface area contributed by atoms with Crippen molar-refractivity contribution in [1.82, 2.24) is 10.6 Å². The number of carbonyl (C=O) groups is 2. The number of carbonyl (C=O) groups excluding carboxylic acids is 2. The molecule has 6 heteroatoms. The lowest BCUT2D eigenvalue weighted by Gasteiger charge is -2.13. The molecule has 1 atom stereocenters. The van der Waals surface area contributed by atoms with Crippen molar-refractivity contribution < 1.29 is 14.0 Å². The van der Waals surface area contributed by atoms with Crippen LogP contribution in [0.1, 0.15) is 28.6 Å². The average Bonchev–Trinajstić information content (AvgIpc) is 3.07. The minimum absolute atomic E-state index is 0.154. The standard InChI is InChI=1S/C16H15N3O3/c1-11(19-16(21)14-6-3-7-22-14)15(20)18-10-13-5-2-4-12(8-13)9-17/h2-8,11H,10H2,1H3,(H,18,20)(H,19,21). The van der Waals surface area contributed by atoms with E-state index < -0.39 is 11.9 Å². The molecule has 0 spiro atoms. The van der Waals surface area contributed by atoms with Gasteiger partial charge < -0.3 is 15.1 Å². The van der Waals surface area contributed by atoms with E-state index in [1.165, 1.54) is 12.3 Å². The quantitative estimate of drug-likeness (QED) is 0.876. The van der Waals surface area contributed by atoms with E-state index >= 15 is 0 Å². The fraction of sp³-hybridized carbons (Fsp3) is 0.188. The van der Waals surface area contributed by atoms with Crippen LogP contribution in [0.25, 0.3) is 0 Å². The van der Waals surface area contributed by atoms with E-state index in [1.54, 1.807) is 31.2 Å². The van der Waals surface area contributed by atoms with Crippen LogP contribution in [-0.4, -0.2) is 17.9 Å². The molecule has 6 nitrogen and oxygen atoms in total. The van der Waals surface area contributed by atoms with Crippen molar-refractivity contribution in [2.45, 2.75) is 19.5 Å². The van der Waals surface area contributed by atoms with Crippen molar-refractivity contribution in [1.29, 1.82) is 5.26 Å². The lowest BCUT2D eigenvalue weighted by atomic mass is 10.1. The first-order valence-corrected chi connectivity index (χ1v) is 6.71. The van der Waals surface area contributed by atoms with Gasteiger partial charge in [0.2, 0.25) is 5.91 Å². The molecular formula is C16H15N3O3. The Morgan fingerprint density at radius 1 is 1.32 bits per heavy atom. The molecule has 0 saturated heterocycles. The molecule has 2 aromatic rings. The molecule has 1 aromatic carbocycles. The predicted octanol–water partition coefficient (Wildman–Crippen LogP) is 1.59. The summed E-state index contributed by atoms with van der Waals surface area (Å²) in [7, 11) is 0. The maximum atomic E-state index is 12.0. The van der Waals surface area contributed by atoms with Gasteiger partial charge in [0.15, 0.2) is 5.76 Å². The topological polar surface area (TPSA) is 95.1 Å². The molecular weight excluding hydrogens is 282 g/mol. The molecule has 2 amide bonds. The zero-order valence-electron chi connectivity index (χ0n) is 12.0. The van der Waals surface area contributed by atoms with Crippen molar-refractivity contribution in [2.24, 2.45) is 0 Å². The Kier molecular flexibility index (Phi) is 4.94. The highest BCUT2D eigenvalue weighted by Gasteiger charge is 2.17. The summed E-state index contributed by atoms with van der Waals surface area (Å²) in [6, 6.07) is 11.4. The van der Waals surface area contributed by atoms with Crippen molar-refractivity contribution in [3.05, 3.63) is 59.5 Å².